The third-order valence-corrected chi connectivity index (χ3v) is 4.37. The molecule has 3 aliphatic rings. The molecule has 0 saturated carbocycles. The molecule has 0 radical (unpaired) electrons. The van der Waals surface area contributed by atoms with Crippen LogP contribution in [0.4, 0.5) is 0 Å². The normalized spacial score (nSPS) is 38.4. The number of cyclic esters (lactones) is 1. The lowest BCUT2D eigenvalue weighted by atomic mass is 9.94. The largest absolute Gasteiger partial charge is 0.467 e. The minimum absolute atomic E-state index is 0.218. The first-order valence-corrected chi connectivity index (χ1v) is 7.82. The highest BCUT2D eigenvalue weighted by atomic mass is 16.8. The van der Waals surface area contributed by atoms with E-state index in [1.807, 2.05) is 0 Å². The Morgan fingerprint density at radius 3 is 2.72 bits per heavy atom. The number of carbonyl (C=O) groups is 1. The second kappa shape index (κ2) is 7.24. The summed E-state index contributed by atoms with van der Waals surface area (Å²) < 4.78 is 21.2. The maximum absolute atomic E-state index is 11.8. The molecule has 1 unspecified atom stereocenters. The van der Waals surface area contributed by atoms with E-state index < -0.39 is 49.6 Å². The van der Waals surface area contributed by atoms with Crippen LogP contribution in [0, 0.1) is 0 Å². The van der Waals surface area contributed by atoms with Crippen molar-refractivity contribution in [2.75, 3.05) is 13.2 Å². The van der Waals surface area contributed by atoms with E-state index in [1.165, 1.54) is 12.3 Å². The SMILES string of the molecule is C=CC1=C2CCOC(=O)C2=COC1O[C@H]1O[C@H](CO)[C@@H](O)[C@H](O)[C@H]1O. The van der Waals surface area contributed by atoms with Gasteiger partial charge in [-0.1, -0.05) is 12.7 Å². The zero-order valence-corrected chi connectivity index (χ0v) is 13.3. The van der Waals surface area contributed by atoms with Crippen LogP contribution in [-0.4, -0.2) is 76.6 Å². The lowest BCUT2D eigenvalue weighted by Gasteiger charge is -2.41. The molecule has 0 aromatic carbocycles. The molecular formula is C16H20O9. The molecule has 3 heterocycles. The van der Waals surface area contributed by atoms with Gasteiger partial charge in [-0.3, -0.25) is 0 Å². The van der Waals surface area contributed by atoms with E-state index in [0.717, 1.165) is 0 Å². The molecule has 25 heavy (non-hydrogen) atoms. The average Bonchev–Trinajstić information content (AvgIpc) is 2.62. The molecule has 0 aromatic heterocycles. The second-order valence-corrected chi connectivity index (χ2v) is 5.86. The van der Waals surface area contributed by atoms with E-state index in [2.05, 4.69) is 6.58 Å². The summed E-state index contributed by atoms with van der Waals surface area (Å²) in [6, 6.07) is 0. The average molecular weight is 356 g/mol. The Hall–Kier alpha value is -1.75. The van der Waals surface area contributed by atoms with Crippen LogP contribution in [0.1, 0.15) is 6.42 Å². The van der Waals surface area contributed by atoms with Crippen molar-refractivity contribution in [3.63, 3.8) is 0 Å². The number of aliphatic hydroxyl groups is 4. The first-order chi connectivity index (χ1) is 12.0. The molecule has 0 bridgehead atoms. The highest BCUT2D eigenvalue weighted by molar-refractivity contribution is 5.94. The Labute approximate surface area is 143 Å². The molecule has 2 fully saturated rings. The minimum atomic E-state index is -1.56. The number of fused-ring (bicyclic) bond motifs is 1. The lowest BCUT2D eigenvalue weighted by molar-refractivity contribution is -0.326. The van der Waals surface area contributed by atoms with Crippen LogP contribution in [0.25, 0.3) is 0 Å². The van der Waals surface area contributed by atoms with Gasteiger partial charge in [0, 0.05) is 12.0 Å². The Morgan fingerprint density at radius 2 is 2.04 bits per heavy atom. The van der Waals surface area contributed by atoms with Gasteiger partial charge in [0.1, 0.15) is 30.7 Å². The van der Waals surface area contributed by atoms with Crippen molar-refractivity contribution in [3.05, 3.63) is 35.6 Å². The number of aliphatic hydroxyl groups excluding tert-OH is 4. The van der Waals surface area contributed by atoms with Gasteiger partial charge in [-0.25, -0.2) is 4.79 Å². The molecule has 9 heteroatoms. The fraction of sp³-hybridized carbons (Fsp3) is 0.562. The van der Waals surface area contributed by atoms with E-state index in [0.29, 0.717) is 17.6 Å². The standard InChI is InChI=1S/C16H20O9/c1-2-7-8-3-4-22-14(21)9(8)6-23-15(7)25-16-13(20)12(19)11(18)10(5-17)24-16/h2,6,10-13,15-20H,1,3-5H2/t10-,11-,12+,13-,15?,16-/m1/s1. The third kappa shape index (κ3) is 3.22. The number of rotatable bonds is 4. The molecule has 4 N–H and O–H groups in total. The molecule has 3 aliphatic heterocycles. The van der Waals surface area contributed by atoms with Crippen molar-refractivity contribution < 1.29 is 44.2 Å². The smallest absolute Gasteiger partial charge is 0.341 e. The summed E-state index contributed by atoms with van der Waals surface area (Å²) in [4.78, 5) is 11.8. The summed E-state index contributed by atoms with van der Waals surface area (Å²) >= 11 is 0. The molecule has 138 valence electrons. The van der Waals surface area contributed by atoms with Gasteiger partial charge in [-0.15, -0.1) is 0 Å². The van der Waals surface area contributed by atoms with Crippen LogP contribution in [0.3, 0.4) is 0 Å². The predicted molar refractivity (Wildman–Crippen MR) is 80.6 cm³/mol. The summed E-state index contributed by atoms with van der Waals surface area (Å²) in [6.45, 7) is 3.34. The Balaban J connectivity index is 1.80. The Bertz CT molecular complexity index is 609. The van der Waals surface area contributed by atoms with Gasteiger partial charge >= 0.3 is 5.97 Å². The summed E-state index contributed by atoms with van der Waals surface area (Å²) in [7, 11) is 0. The molecule has 3 rings (SSSR count). The second-order valence-electron chi connectivity index (χ2n) is 5.86. The van der Waals surface area contributed by atoms with E-state index >= 15 is 0 Å². The molecule has 0 aliphatic carbocycles. The van der Waals surface area contributed by atoms with Crippen LogP contribution in [-0.2, 0) is 23.7 Å². The maximum Gasteiger partial charge on any atom is 0.341 e. The van der Waals surface area contributed by atoms with Gasteiger partial charge in [0.2, 0.25) is 6.29 Å². The van der Waals surface area contributed by atoms with Gasteiger partial charge < -0.3 is 39.4 Å². The molecule has 6 atom stereocenters. The van der Waals surface area contributed by atoms with Gasteiger partial charge in [0.15, 0.2) is 6.29 Å². The molecular weight excluding hydrogens is 336 g/mol. The highest BCUT2D eigenvalue weighted by Gasteiger charge is 2.46. The predicted octanol–water partition coefficient (Wildman–Crippen LogP) is -1.53. The van der Waals surface area contributed by atoms with E-state index in [9.17, 15) is 25.2 Å². The van der Waals surface area contributed by atoms with E-state index in [4.69, 9.17) is 18.9 Å². The summed E-state index contributed by atoms with van der Waals surface area (Å²) in [5.41, 5.74) is 1.41. The number of esters is 1. The summed E-state index contributed by atoms with van der Waals surface area (Å²) in [5, 5.41) is 38.9. The van der Waals surface area contributed by atoms with Crippen molar-refractivity contribution in [2.45, 2.75) is 43.4 Å². The summed E-state index contributed by atoms with van der Waals surface area (Å²) in [6.07, 6.45) is -4.96. The lowest BCUT2D eigenvalue weighted by Crippen LogP contribution is -2.59. The van der Waals surface area contributed by atoms with Crippen molar-refractivity contribution in [3.8, 4) is 0 Å². The zero-order chi connectivity index (χ0) is 18.1. The molecule has 0 amide bonds. The number of hydrogen-bond acceptors (Lipinski definition) is 9. The van der Waals surface area contributed by atoms with Gasteiger partial charge in [0.25, 0.3) is 0 Å². The van der Waals surface area contributed by atoms with Crippen LogP contribution < -0.4 is 0 Å². The molecule has 0 spiro atoms. The molecule has 9 nitrogen and oxygen atoms in total. The maximum atomic E-state index is 11.8. The first kappa shape index (κ1) is 18.1. The highest BCUT2D eigenvalue weighted by Crippen LogP contribution is 2.34. The fourth-order valence-electron chi connectivity index (χ4n) is 2.97. The van der Waals surface area contributed by atoms with Crippen LogP contribution in [0.5, 0.6) is 0 Å². The van der Waals surface area contributed by atoms with E-state index in [1.54, 1.807) is 0 Å². The topological polar surface area (TPSA) is 135 Å². The summed E-state index contributed by atoms with van der Waals surface area (Å²) in [5.74, 6) is -0.508. The third-order valence-electron chi connectivity index (χ3n) is 4.37. The molecule has 0 aromatic rings. The fourth-order valence-corrected chi connectivity index (χ4v) is 2.97. The van der Waals surface area contributed by atoms with Gasteiger partial charge in [-0.2, -0.15) is 0 Å². The number of hydrogen-bond donors (Lipinski definition) is 4. The monoisotopic (exact) mass is 356 g/mol. The minimum Gasteiger partial charge on any atom is -0.467 e. The van der Waals surface area contributed by atoms with Crippen molar-refractivity contribution in [1.82, 2.24) is 0 Å². The van der Waals surface area contributed by atoms with Crippen LogP contribution in [0.2, 0.25) is 0 Å². The van der Waals surface area contributed by atoms with Crippen molar-refractivity contribution in [1.29, 1.82) is 0 Å². The Morgan fingerprint density at radius 1 is 1.28 bits per heavy atom. The van der Waals surface area contributed by atoms with E-state index in [-0.39, 0.29) is 12.2 Å². The number of ether oxygens (including phenoxy) is 4. The number of carbonyl (C=O) groups excluding carboxylic acids is 1. The van der Waals surface area contributed by atoms with Crippen molar-refractivity contribution >= 4 is 5.97 Å². The quantitative estimate of drug-likeness (QED) is 0.443. The Kier molecular flexibility index (Phi) is 5.23. The van der Waals surface area contributed by atoms with Crippen molar-refractivity contribution in [2.24, 2.45) is 0 Å². The van der Waals surface area contributed by atoms with Gasteiger partial charge in [-0.05, 0) is 5.57 Å². The van der Waals surface area contributed by atoms with Gasteiger partial charge in [0.05, 0.1) is 18.8 Å². The first-order valence-electron chi connectivity index (χ1n) is 7.82. The molecule has 2 saturated heterocycles. The van der Waals surface area contributed by atoms with Crippen LogP contribution in [0.15, 0.2) is 35.6 Å². The zero-order valence-electron chi connectivity index (χ0n) is 13.3. The van der Waals surface area contributed by atoms with Crippen LogP contribution >= 0.6 is 0 Å².